The average molecular weight is 132 g/mol. The molecule has 0 aliphatic rings. The Labute approximate surface area is 55.6 Å². The molecule has 0 aliphatic heterocycles. The monoisotopic (exact) mass is 132 g/mol. The van der Waals surface area contributed by atoms with Crippen LogP contribution in [0.4, 0.5) is 8.78 Å². The van der Waals surface area contributed by atoms with Crippen LogP contribution in [-0.4, -0.2) is 4.98 Å². The summed E-state index contributed by atoms with van der Waals surface area (Å²) in [6.45, 7) is -2.44. The van der Waals surface area contributed by atoms with Crippen molar-refractivity contribution in [2.24, 2.45) is 0 Å². The molecule has 9 heavy (non-hydrogen) atoms. The predicted octanol–water partition coefficient (Wildman–Crippen LogP) is 1.67. The summed E-state index contributed by atoms with van der Waals surface area (Å²) in [6.07, 6.45) is 0.797. The summed E-state index contributed by atoms with van der Waals surface area (Å²) in [5.74, 6) is -2.54. The van der Waals surface area contributed by atoms with Crippen LogP contribution in [0.2, 0.25) is 0 Å². The van der Waals surface area contributed by atoms with Crippen LogP contribution in [0.3, 0.4) is 0 Å². The highest BCUT2D eigenvalue weighted by Gasteiger charge is 1.99. The second kappa shape index (κ2) is 2.09. The summed E-state index contributed by atoms with van der Waals surface area (Å²) in [4.78, 5) is 2.94. The summed E-state index contributed by atoms with van der Waals surface area (Å²) in [5.41, 5.74) is -0.304. The SMILES string of the molecule is [2H]C([2H])([2H])c1cnc(F)c(F)c1. The molecule has 0 saturated heterocycles. The van der Waals surface area contributed by atoms with E-state index in [1.54, 1.807) is 0 Å². The van der Waals surface area contributed by atoms with Crippen molar-refractivity contribution in [2.75, 3.05) is 0 Å². The topological polar surface area (TPSA) is 12.9 Å². The Morgan fingerprint density at radius 2 is 2.44 bits per heavy atom. The number of nitrogens with zero attached hydrogens (tertiary/aromatic N) is 1. The lowest BCUT2D eigenvalue weighted by atomic mass is 10.3. The molecular formula is C6H5F2N. The number of hydrogen-bond donors (Lipinski definition) is 0. The van der Waals surface area contributed by atoms with E-state index in [0.29, 0.717) is 6.07 Å². The van der Waals surface area contributed by atoms with Gasteiger partial charge >= 0.3 is 0 Å². The fourth-order valence-electron chi connectivity index (χ4n) is 0.421. The second-order valence-electron chi connectivity index (χ2n) is 1.50. The van der Waals surface area contributed by atoms with Crippen molar-refractivity contribution in [3.63, 3.8) is 0 Å². The van der Waals surface area contributed by atoms with Gasteiger partial charge in [0.25, 0.3) is 0 Å². The van der Waals surface area contributed by atoms with E-state index in [-0.39, 0.29) is 5.56 Å². The second-order valence-corrected chi connectivity index (χ2v) is 1.50. The smallest absolute Gasteiger partial charge is 0.225 e. The fraction of sp³-hybridized carbons (Fsp3) is 0.167. The third kappa shape index (κ3) is 1.22. The zero-order valence-corrected chi connectivity index (χ0v) is 4.36. The highest BCUT2D eigenvalue weighted by molar-refractivity contribution is 5.08. The van der Waals surface area contributed by atoms with E-state index in [1.165, 1.54) is 0 Å². The highest BCUT2D eigenvalue weighted by Crippen LogP contribution is 2.02. The molecule has 0 saturated carbocycles. The van der Waals surface area contributed by atoms with E-state index in [2.05, 4.69) is 4.98 Å². The zero-order chi connectivity index (χ0) is 9.35. The Balaban J connectivity index is 3.14. The van der Waals surface area contributed by atoms with Gasteiger partial charge in [0.15, 0.2) is 5.82 Å². The molecule has 0 spiro atoms. The summed E-state index contributed by atoms with van der Waals surface area (Å²) in [5, 5.41) is 0. The molecule has 1 heterocycles. The van der Waals surface area contributed by atoms with Crippen LogP contribution in [0, 0.1) is 18.6 Å². The third-order valence-electron chi connectivity index (χ3n) is 0.796. The number of hydrogen-bond acceptors (Lipinski definition) is 1. The Bertz CT molecular complexity index is 297. The normalized spacial score (nSPS) is 16.0. The zero-order valence-electron chi connectivity index (χ0n) is 7.36. The molecule has 3 heteroatoms. The van der Waals surface area contributed by atoms with Crippen LogP contribution in [0.5, 0.6) is 0 Å². The Morgan fingerprint density at radius 1 is 1.67 bits per heavy atom. The lowest BCUT2D eigenvalue weighted by molar-refractivity contribution is 0.478. The van der Waals surface area contributed by atoms with Gasteiger partial charge in [0.2, 0.25) is 5.95 Å². The van der Waals surface area contributed by atoms with Crippen LogP contribution in [-0.2, 0) is 0 Å². The first kappa shape index (κ1) is 3.25. The van der Waals surface area contributed by atoms with E-state index in [9.17, 15) is 8.78 Å². The van der Waals surface area contributed by atoms with Gasteiger partial charge < -0.3 is 0 Å². The van der Waals surface area contributed by atoms with Crippen molar-refractivity contribution in [1.29, 1.82) is 0 Å². The minimum Gasteiger partial charge on any atom is -0.225 e. The third-order valence-corrected chi connectivity index (χ3v) is 0.796. The molecular weight excluding hydrogens is 124 g/mol. The number of aryl methyl sites for hydroxylation is 1. The Hall–Kier alpha value is -0.990. The van der Waals surface area contributed by atoms with E-state index in [4.69, 9.17) is 4.11 Å². The maximum atomic E-state index is 12.4. The number of pyridine rings is 1. The molecule has 0 unspecified atom stereocenters. The molecule has 1 aromatic heterocycles. The van der Waals surface area contributed by atoms with Gasteiger partial charge in [-0.25, -0.2) is 9.37 Å². The Kier molecular flexibility index (Phi) is 0.754. The van der Waals surface area contributed by atoms with Gasteiger partial charge in [-0.2, -0.15) is 4.39 Å². The molecule has 1 nitrogen and oxygen atoms in total. The van der Waals surface area contributed by atoms with Crippen molar-refractivity contribution in [2.45, 2.75) is 6.85 Å². The van der Waals surface area contributed by atoms with Gasteiger partial charge in [-0.3, -0.25) is 0 Å². The molecule has 0 radical (unpaired) electrons. The van der Waals surface area contributed by atoms with Gasteiger partial charge in [0.1, 0.15) is 0 Å². The highest BCUT2D eigenvalue weighted by atomic mass is 19.2. The molecule has 48 valence electrons. The molecule has 0 fully saturated rings. The van der Waals surface area contributed by atoms with Crippen molar-refractivity contribution in [3.8, 4) is 0 Å². The molecule has 0 bridgehead atoms. The van der Waals surface area contributed by atoms with E-state index in [1.807, 2.05) is 0 Å². The van der Waals surface area contributed by atoms with Crippen LogP contribution >= 0.6 is 0 Å². The summed E-state index contributed by atoms with van der Waals surface area (Å²) >= 11 is 0. The maximum Gasteiger partial charge on any atom is 0.248 e. The lowest BCUT2D eigenvalue weighted by Crippen LogP contribution is -1.88. The van der Waals surface area contributed by atoms with E-state index in [0.717, 1.165) is 6.20 Å². The molecule has 0 aliphatic carbocycles. The van der Waals surface area contributed by atoms with Crippen LogP contribution in [0.25, 0.3) is 0 Å². The molecule has 0 aromatic carbocycles. The number of halogens is 2. The maximum absolute atomic E-state index is 12.4. The van der Waals surface area contributed by atoms with Crippen molar-refractivity contribution in [1.82, 2.24) is 4.98 Å². The fourth-order valence-corrected chi connectivity index (χ4v) is 0.421. The molecule has 1 rings (SSSR count). The standard InChI is InChI=1S/C6H5F2N/c1-4-2-5(7)6(8)9-3-4/h2-3H,1H3/i1D3. The largest absolute Gasteiger partial charge is 0.248 e. The lowest BCUT2D eigenvalue weighted by Gasteiger charge is -1.90. The number of rotatable bonds is 0. The first-order valence-corrected chi connectivity index (χ1v) is 2.23. The van der Waals surface area contributed by atoms with Crippen molar-refractivity contribution < 1.29 is 12.9 Å². The average Bonchev–Trinajstić information content (AvgIpc) is 1.92. The van der Waals surface area contributed by atoms with Crippen LogP contribution in [0.15, 0.2) is 12.3 Å². The molecule has 0 atom stereocenters. The first-order valence-electron chi connectivity index (χ1n) is 3.73. The van der Waals surface area contributed by atoms with Crippen LogP contribution < -0.4 is 0 Å². The minimum atomic E-state index is -2.44. The minimum absolute atomic E-state index is 0.304. The first-order chi connectivity index (χ1) is 5.41. The van der Waals surface area contributed by atoms with Crippen molar-refractivity contribution in [3.05, 3.63) is 29.6 Å². The van der Waals surface area contributed by atoms with Gasteiger partial charge in [0, 0.05) is 10.3 Å². The summed E-state index contributed by atoms with van der Waals surface area (Å²) < 4.78 is 45.2. The summed E-state index contributed by atoms with van der Waals surface area (Å²) in [6, 6.07) is 0.620. The van der Waals surface area contributed by atoms with Crippen LogP contribution in [0.1, 0.15) is 9.68 Å². The van der Waals surface area contributed by atoms with Gasteiger partial charge in [-0.05, 0) is 18.5 Å². The van der Waals surface area contributed by atoms with Gasteiger partial charge in [-0.15, -0.1) is 0 Å². The molecule has 0 N–H and O–H groups in total. The molecule has 1 aromatic rings. The molecule has 0 amide bonds. The summed E-state index contributed by atoms with van der Waals surface area (Å²) in [7, 11) is 0. The quantitative estimate of drug-likeness (QED) is 0.489. The van der Waals surface area contributed by atoms with E-state index >= 15 is 0 Å². The Morgan fingerprint density at radius 3 is 3.00 bits per heavy atom. The van der Waals surface area contributed by atoms with Crippen molar-refractivity contribution >= 4 is 0 Å². The van der Waals surface area contributed by atoms with Gasteiger partial charge in [-0.1, -0.05) is 0 Å². The number of aromatic nitrogens is 1. The predicted molar refractivity (Wildman–Crippen MR) is 28.9 cm³/mol. The van der Waals surface area contributed by atoms with Gasteiger partial charge in [0.05, 0.1) is 0 Å². The van der Waals surface area contributed by atoms with E-state index < -0.39 is 18.6 Å².